The number of anilines is 1. The molecule has 0 aromatic carbocycles. The van der Waals surface area contributed by atoms with E-state index in [9.17, 15) is 0 Å². The van der Waals surface area contributed by atoms with E-state index >= 15 is 0 Å². The lowest BCUT2D eigenvalue weighted by Crippen LogP contribution is -2.08. The molecule has 0 radical (unpaired) electrons. The Morgan fingerprint density at radius 3 is 2.79 bits per heavy atom. The summed E-state index contributed by atoms with van der Waals surface area (Å²) in [6, 6.07) is 3.97. The van der Waals surface area contributed by atoms with E-state index in [1.54, 1.807) is 13.2 Å². The SMILES string of the molecule is CC[C@@H](C)n1c(C#N)cc(N)c1OC. The molecular formula is C10H15N3O. The van der Waals surface area contributed by atoms with Crippen LogP contribution in [-0.2, 0) is 0 Å². The Labute approximate surface area is 83.9 Å². The standard InChI is InChI=1S/C10H15N3O/c1-4-7(2)13-8(6-11)5-9(12)10(13)14-3/h5,7H,4,12H2,1-3H3/t7-/m1/s1. The van der Waals surface area contributed by atoms with Gasteiger partial charge in [-0.3, -0.25) is 4.57 Å². The minimum Gasteiger partial charge on any atom is -0.481 e. The van der Waals surface area contributed by atoms with Crippen molar-refractivity contribution in [3.63, 3.8) is 0 Å². The number of nitrogen functional groups attached to an aromatic ring is 1. The Bertz CT molecular complexity index is 362. The first kappa shape index (κ1) is 10.5. The summed E-state index contributed by atoms with van der Waals surface area (Å²) in [5.74, 6) is 0.580. The molecule has 0 bridgehead atoms. The summed E-state index contributed by atoms with van der Waals surface area (Å²) in [4.78, 5) is 0. The molecule has 76 valence electrons. The van der Waals surface area contributed by atoms with Gasteiger partial charge in [0, 0.05) is 12.1 Å². The van der Waals surface area contributed by atoms with Gasteiger partial charge in [-0.05, 0) is 13.3 Å². The predicted molar refractivity (Wildman–Crippen MR) is 55.1 cm³/mol. The van der Waals surface area contributed by atoms with Crippen LogP contribution in [0.15, 0.2) is 6.07 Å². The highest BCUT2D eigenvalue weighted by Gasteiger charge is 2.16. The molecule has 0 aliphatic carbocycles. The molecule has 4 nitrogen and oxygen atoms in total. The van der Waals surface area contributed by atoms with Crippen molar-refractivity contribution in [2.24, 2.45) is 0 Å². The van der Waals surface area contributed by atoms with E-state index in [0.717, 1.165) is 6.42 Å². The molecule has 0 fully saturated rings. The van der Waals surface area contributed by atoms with E-state index in [1.165, 1.54) is 0 Å². The van der Waals surface area contributed by atoms with Crippen LogP contribution in [0.2, 0.25) is 0 Å². The average Bonchev–Trinajstić information content (AvgIpc) is 2.53. The van der Waals surface area contributed by atoms with Gasteiger partial charge in [-0.2, -0.15) is 5.26 Å². The van der Waals surface area contributed by atoms with Crippen molar-refractivity contribution < 1.29 is 4.74 Å². The molecule has 1 atom stereocenters. The van der Waals surface area contributed by atoms with Crippen LogP contribution in [0.25, 0.3) is 0 Å². The van der Waals surface area contributed by atoms with E-state index in [2.05, 4.69) is 13.0 Å². The summed E-state index contributed by atoms with van der Waals surface area (Å²) in [5.41, 5.74) is 6.79. The van der Waals surface area contributed by atoms with Crippen LogP contribution in [0.5, 0.6) is 5.88 Å². The summed E-state index contributed by atoms with van der Waals surface area (Å²) >= 11 is 0. The van der Waals surface area contributed by atoms with Crippen LogP contribution >= 0.6 is 0 Å². The summed E-state index contributed by atoms with van der Waals surface area (Å²) in [6.07, 6.45) is 0.930. The van der Waals surface area contributed by atoms with Crippen molar-refractivity contribution in [3.8, 4) is 11.9 Å². The lowest BCUT2D eigenvalue weighted by Gasteiger charge is -2.15. The highest BCUT2D eigenvalue weighted by atomic mass is 16.5. The number of rotatable bonds is 3. The molecule has 0 aliphatic rings. The third-order valence-corrected chi connectivity index (χ3v) is 2.36. The van der Waals surface area contributed by atoms with Crippen molar-refractivity contribution in [3.05, 3.63) is 11.8 Å². The number of nitrogens with two attached hydrogens (primary N) is 1. The van der Waals surface area contributed by atoms with E-state index in [-0.39, 0.29) is 6.04 Å². The van der Waals surface area contributed by atoms with Gasteiger partial charge in [-0.1, -0.05) is 6.92 Å². The molecule has 0 saturated heterocycles. The second-order valence-corrected chi connectivity index (χ2v) is 3.23. The Balaban J connectivity index is 3.29. The molecule has 1 aromatic heterocycles. The van der Waals surface area contributed by atoms with Gasteiger partial charge in [0.15, 0.2) is 0 Å². The monoisotopic (exact) mass is 193 g/mol. The molecule has 0 amide bonds. The molecule has 1 aromatic rings. The quantitative estimate of drug-likeness (QED) is 0.797. The second-order valence-electron chi connectivity index (χ2n) is 3.23. The van der Waals surface area contributed by atoms with E-state index < -0.39 is 0 Å². The molecular weight excluding hydrogens is 178 g/mol. The number of aromatic nitrogens is 1. The van der Waals surface area contributed by atoms with Gasteiger partial charge in [0.25, 0.3) is 0 Å². The topological polar surface area (TPSA) is 64.0 Å². The molecule has 4 heteroatoms. The highest BCUT2D eigenvalue weighted by Crippen LogP contribution is 2.30. The van der Waals surface area contributed by atoms with Crippen LogP contribution in [0.4, 0.5) is 5.69 Å². The number of nitriles is 1. The van der Waals surface area contributed by atoms with E-state index in [0.29, 0.717) is 17.3 Å². The van der Waals surface area contributed by atoms with Crippen molar-refractivity contribution in [2.45, 2.75) is 26.3 Å². The number of methoxy groups -OCH3 is 1. The first-order valence-corrected chi connectivity index (χ1v) is 4.60. The Hall–Kier alpha value is -1.63. The minimum atomic E-state index is 0.219. The third kappa shape index (κ3) is 1.53. The van der Waals surface area contributed by atoms with Gasteiger partial charge >= 0.3 is 0 Å². The van der Waals surface area contributed by atoms with Gasteiger partial charge in [0.2, 0.25) is 5.88 Å². The van der Waals surface area contributed by atoms with Crippen LogP contribution in [0, 0.1) is 11.3 Å². The van der Waals surface area contributed by atoms with Crippen molar-refractivity contribution in [1.82, 2.24) is 4.57 Å². The maximum absolute atomic E-state index is 8.91. The molecule has 0 unspecified atom stereocenters. The number of hydrogen-bond acceptors (Lipinski definition) is 3. The largest absolute Gasteiger partial charge is 0.481 e. The van der Waals surface area contributed by atoms with Crippen LogP contribution < -0.4 is 10.5 Å². The Kier molecular flexibility index (Phi) is 3.03. The Morgan fingerprint density at radius 1 is 1.71 bits per heavy atom. The van der Waals surface area contributed by atoms with Crippen LogP contribution in [-0.4, -0.2) is 11.7 Å². The minimum absolute atomic E-state index is 0.219. The molecule has 1 heterocycles. The molecule has 0 saturated carbocycles. The molecule has 0 spiro atoms. The fraction of sp³-hybridized carbons (Fsp3) is 0.500. The first-order chi connectivity index (χ1) is 6.65. The number of nitrogens with zero attached hydrogens (tertiary/aromatic N) is 2. The number of ether oxygens (including phenoxy) is 1. The van der Waals surface area contributed by atoms with Crippen molar-refractivity contribution in [1.29, 1.82) is 5.26 Å². The number of hydrogen-bond donors (Lipinski definition) is 1. The smallest absolute Gasteiger partial charge is 0.218 e. The lowest BCUT2D eigenvalue weighted by molar-refractivity contribution is 0.353. The fourth-order valence-electron chi connectivity index (χ4n) is 1.45. The van der Waals surface area contributed by atoms with Crippen LogP contribution in [0.1, 0.15) is 32.0 Å². The molecule has 14 heavy (non-hydrogen) atoms. The zero-order chi connectivity index (χ0) is 10.7. The summed E-state index contributed by atoms with van der Waals surface area (Å²) < 4.78 is 7.00. The van der Waals surface area contributed by atoms with Crippen molar-refractivity contribution in [2.75, 3.05) is 12.8 Å². The summed E-state index contributed by atoms with van der Waals surface area (Å²) in [5, 5.41) is 8.91. The lowest BCUT2D eigenvalue weighted by atomic mass is 10.2. The maximum atomic E-state index is 8.91. The van der Waals surface area contributed by atoms with Gasteiger partial charge in [-0.15, -0.1) is 0 Å². The zero-order valence-corrected chi connectivity index (χ0v) is 8.74. The van der Waals surface area contributed by atoms with Crippen LogP contribution in [0.3, 0.4) is 0 Å². The second kappa shape index (κ2) is 4.05. The maximum Gasteiger partial charge on any atom is 0.218 e. The summed E-state index contributed by atoms with van der Waals surface area (Å²) in [7, 11) is 1.56. The zero-order valence-electron chi connectivity index (χ0n) is 8.74. The van der Waals surface area contributed by atoms with Gasteiger partial charge in [0.05, 0.1) is 12.8 Å². The molecule has 2 N–H and O–H groups in total. The van der Waals surface area contributed by atoms with Gasteiger partial charge in [-0.25, -0.2) is 0 Å². The molecule has 0 aliphatic heterocycles. The van der Waals surface area contributed by atoms with Crippen molar-refractivity contribution >= 4 is 5.69 Å². The molecule has 1 rings (SSSR count). The van der Waals surface area contributed by atoms with E-state index in [1.807, 2.05) is 11.5 Å². The van der Waals surface area contributed by atoms with E-state index in [4.69, 9.17) is 15.7 Å². The fourth-order valence-corrected chi connectivity index (χ4v) is 1.45. The Morgan fingerprint density at radius 2 is 2.36 bits per heavy atom. The normalized spacial score (nSPS) is 12.1. The third-order valence-electron chi connectivity index (χ3n) is 2.36. The highest BCUT2D eigenvalue weighted by molar-refractivity contribution is 5.55. The average molecular weight is 193 g/mol. The first-order valence-electron chi connectivity index (χ1n) is 4.60. The summed E-state index contributed by atoms with van der Waals surface area (Å²) in [6.45, 7) is 4.09. The van der Waals surface area contributed by atoms with Gasteiger partial charge in [0.1, 0.15) is 11.8 Å². The predicted octanol–water partition coefficient (Wildman–Crippen LogP) is 1.92. The van der Waals surface area contributed by atoms with Gasteiger partial charge < -0.3 is 10.5 Å².